The number of hydrogen-bond acceptors (Lipinski definition) is 4. The summed E-state index contributed by atoms with van der Waals surface area (Å²) in [6.07, 6.45) is 0. The van der Waals surface area contributed by atoms with Crippen LogP contribution >= 0.6 is 0 Å². The van der Waals surface area contributed by atoms with E-state index >= 15 is 0 Å². The van der Waals surface area contributed by atoms with Gasteiger partial charge in [0.1, 0.15) is 5.75 Å². The van der Waals surface area contributed by atoms with Gasteiger partial charge < -0.3 is 10.1 Å². The van der Waals surface area contributed by atoms with E-state index in [0.717, 1.165) is 17.0 Å². The summed E-state index contributed by atoms with van der Waals surface area (Å²) >= 11 is 0. The van der Waals surface area contributed by atoms with Crippen molar-refractivity contribution in [3.8, 4) is 5.75 Å². The lowest BCUT2D eigenvalue weighted by Crippen LogP contribution is -2.33. The third kappa shape index (κ3) is 4.64. The molecule has 0 aliphatic carbocycles. The fourth-order valence-electron chi connectivity index (χ4n) is 1.91. The Balaban J connectivity index is 1.97. The number of hydrogen-bond donors (Lipinski definition) is 2. The molecule has 24 heavy (non-hydrogen) atoms. The second-order valence-corrected chi connectivity index (χ2v) is 8.93. The lowest BCUT2D eigenvalue weighted by Gasteiger charge is -2.20. The molecule has 2 aromatic rings. The van der Waals surface area contributed by atoms with Gasteiger partial charge >= 0.3 is 0 Å². The van der Waals surface area contributed by atoms with Crippen LogP contribution in [-0.2, 0) is 16.6 Å². The minimum Gasteiger partial charge on any atom is -0.497 e. The van der Waals surface area contributed by atoms with Crippen molar-refractivity contribution in [2.24, 2.45) is 0 Å². The zero-order valence-electron chi connectivity index (χ0n) is 14.5. The monoisotopic (exact) mass is 348 g/mol. The van der Waals surface area contributed by atoms with Gasteiger partial charge in [-0.25, -0.2) is 8.42 Å². The van der Waals surface area contributed by atoms with Crippen LogP contribution in [0.1, 0.15) is 26.3 Å². The first-order valence-electron chi connectivity index (χ1n) is 7.70. The van der Waals surface area contributed by atoms with E-state index in [-0.39, 0.29) is 0 Å². The minimum absolute atomic E-state index is 0.568. The molecule has 0 atom stereocenters. The van der Waals surface area contributed by atoms with Gasteiger partial charge in [0, 0.05) is 17.9 Å². The first kappa shape index (κ1) is 18.1. The van der Waals surface area contributed by atoms with Crippen molar-refractivity contribution in [3.05, 3.63) is 54.1 Å². The maximum atomic E-state index is 12.1. The quantitative estimate of drug-likeness (QED) is 0.832. The van der Waals surface area contributed by atoms with Gasteiger partial charge in [0.2, 0.25) is 10.0 Å². The molecule has 2 rings (SSSR count). The summed E-state index contributed by atoms with van der Waals surface area (Å²) in [5.74, 6) is 0.816. The summed E-state index contributed by atoms with van der Waals surface area (Å²) in [6.45, 7) is 5.66. The van der Waals surface area contributed by atoms with E-state index < -0.39 is 14.8 Å². The second-order valence-electron chi connectivity index (χ2n) is 6.50. The van der Waals surface area contributed by atoms with E-state index in [1.54, 1.807) is 40.0 Å². The zero-order chi connectivity index (χ0) is 17.8. The first-order valence-corrected chi connectivity index (χ1v) is 9.19. The molecule has 5 nitrogen and oxygen atoms in total. The molecule has 6 heteroatoms. The average Bonchev–Trinajstić information content (AvgIpc) is 2.53. The van der Waals surface area contributed by atoms with Crippen LogP contribution < -0.4 is 14.8 Å². The lowest BCUT2D eigenvalue weighted by atomic mass is 10.2. The van der Waals surface area contributed by atoms with Crippen LogP contribution in [0, 0.1) is 0 Å². The maximum Gasteiger partial charge on any atom is 0.237 e. The summed E-state index contributed by atoms with van der Waals surface area (Å²) < 4.78 is 31.2. The smallest absolute Gasteiger partial charge is 0.237 e. The summed E-state index contributed by atoms with van der Waals surface area (Å²) in [5, 5.41) is 3.31. The van der Waals surface area contributed by atoms with Crippen molar-refractivity contribution in [1.82, 2.24) is 0 Å². The van der Waals surface area contributed by atoms with E-state index in [0.29, 0.717) is 12.2 Å². The summed E-state index contributed by atoms with van der Waals surface area (Å²) in [6, 6.07) is 15.0. The zero-order valence-corrected chi connectivity index (χ0v) is 15.3. The van der Waals surface area contributed by atoms with Crippen molar-refractivity contribution >= 4 is 21.4 Å². The Hall–Kier alpha value is -2.21. The number of benzene rings is 2. The standard InChI is InChI=1S/C18H24N2O3S/c1-18(2,3)24(21,22)20-16-7-5-14(6-8-16)13-19-15-9-11-17(23-4)12-10-15/h5-12,19-20H,13H2,1-4H3. The Kier molecular flexibility index (Phi) is 5.39. The molecule has 0 aromatic heterocycles. The SMILES string of the molecule is COc1ccc(NCc2ccc(NS(=O)(=O)C(C)(C)C)cc2)cc1. The van der Waals surface area contributed by atoms with E-state index in [9.17, 15) is 8.42 Å². The van der Waals surface area contributed by atoms with Crippen LogP contribution in [0.4, 0.5) is 11.4 Å². The minimum atomic E-state index is -3.40. The normalized spacial score (nSPS) is 11.8. The number of rotatable bonds is 6. The highest BCUT2D eigenvalue weighted by molar-refractivity contribution is 7.94. The van der Waals surface area contributed by atoms with Crippen molar-refractivity contribution < 1.29 is 13.2 Å². The van der Waals surface area contributed by atoms with Gasteiger partial charge in [0.25, 0.3) is 0 Å². The molecule has 0 bridgehead atoms. The van der Waals surface area contributed by atoms with E-state index in [1.165, 1.54) is 0 Å². The number of anilines is 2. The van der Waals surface area contributed by atoms with Gasteiger partial charge in [-0.2, -0.15) is 0 Å². The van der Waals surface area contributed by atoms with Gasteiger partial charge in [-0.1, -0.05) is 12.1 Å². The predicted molar refractivity (Wildman–Crippen MR) is 99.1 cm³/mol. The Morgan fingerprint density at radius 3 is 1.96 bits per heavy atom. The Morgan fingerprint density at radius 2 is 1.46 bits per heavy atom. The van der Waals surface area contributed by atoms with E-state index in [4.69, 9.17) is 4.74 Å². The van der Waals surface area contributed by atoms with Crippen LogP contribution in [0.3, 0.4) is 0 Å². The lowest BCUT2D eigenvalue weighted by molar-refractivity contribution is 0.415. The predicted octanol–water partition coefficient (Wildman–Crippen LogP) is 3.85. The molecular weight excluding hydrogens is 324 g/mol. The van der Waals surface area contributed by atoms with Gasteiger partial charge in [-0.15, -0.1) is 0 Å². The topological polar surface area (TPSA) is 67.4 Å². The molecule has 2 N–H and O–H groups in total. The molecule has 130 valence electrons. The van der Waals surface area contributed by atoms with Crippen molar-refractivity contribution in [1.29, 1.82) is 0 Å². The van der Waals surface area contributed by atoms with E-state index in [1.807, 2.05) is 36.4 Å². The molecule has 0 spiro atoms. The number of nitrogens with one attached hydrogen (secondary N) is 2. The number of ether oxygens (including phenoxy) is 1. The maximum absolute atomic E-state index is 12.1. The van der Waals surface area contributed by atoms with Crippen LogP contribution in [-0.4, -0.2) is 20.3 Å². The van der Waals surface area contributed by atoms with Crippen molar-refractivity contribution in [2.45, 2.75) is 32.1 Å². The fourth-order valence-corrected chi connectivity index (χ4v) is 2.66. The third-order valence-corrected chi connectivity index (χ3v) is 5.72. The molecule has 0 amide bonds. The molecule has 0 unspecified atom stereocenters. The molecule has 2 aromatic carbocycles. The highest BCUT2D eigenvalue weighted by atomic mass is 32.2. The Labute approximate surface area is 144 Å². The second kappa shape index (κ2) is 7.13. The molecule has 0 saturated heterocycles. The van der Waals surface area contributed by atoms with Crippen molar-refractivity contribution in [2.75, 3.05) is 17.1 Å². The summed E-state index contributed by atoms with van der Waals surface area (Å²) in [4.78, 5) is 0. The third-order valence-electron chi connectivity index (χ3n) is 3.60. The largest absolute Gasteiger partial charge is 0.497 e. The molecule has 0 saturated carbocycles. The summed E-state index contributed by atoms with van der Waals surface area (Å²) in [5.41, 5.74) is 2.62. The van der Waals surface area contributed by atoms with Gasteiger partial charge in [-0.3, -0.25) is 4.72 Å². The Bertz CT molecular complexity index is 761. The fraction of sp³-hybridized carbons (Fsp3) is 0.333. The van der Waals surface area contributed by atoms with Crippen LogP contribution in [0.5, 0.6) is 5.75 Å². The molecule has 0 aliphatic rings. The molecule has 0 radical (unpaired) electrons. The van der Waals surface area contributed by atoms with Gasteiger partial charge in [-0.05, 0) is 62.7 Å². The molecule has 0 fully saturated rings. The van der Waals surface area contributed by atoms with Crippen LogP contribution in [0.2, 0.25) is 0 Å². The molecule has 0 heterocycles. The van der Waals surface area contributed by atoms with Crippen molar-refractivity contribution in [3.63, 3.8) is 0 Å². The number of sulfonamides is 1. The number of methoxy groups -OCH3 is 1. The average molecular weight is 348 g/mol. The highest BCUT2D eigenvalue weighted by Gasteiger charge is 2.28. The van der Waals surface area contributed by atoms with Crippen LogP contribution in [0.25, 0.3) is 0 Å². The molecule has 0 aliphatic heterocycles. The Morgan fingerprint density at radius 1 is 0.917 bits per heavy atom. The molecular formula is C18H24N2O3S. The first-order chi connectivity index (χ1) is 11.2. The highest BCUT2D eigenvalue weighted by Crippen LogP contribution is 2.20. The van der Waals surface area contributed by atoms with Crippen LogP contribution in [0.15, 0.2) is 48.5 Å². The van der Waals surface area contributed by atoms with Gasteiger partial charge in [0.15, 0.2) is 0 Å². The van der Waals surface area contributed by atoms with E-state index in [2.05, 4.69) is 10.0 Å². The van der Waals surface area contributed by atoms with Gasteiger partial charge in [0.05, 0.1) is 11.9 Å². The summed E-state index contributed by atoms with van der Waals surface area (Å²) in [7, 11) is -1.77.